The van der Waals surface area contributed by atoms with E-state index in [0.29, 0.717) is 0 Å². The number of benzene rings is 2. The molecule has 0 bridgehead atoms. The van der Waals surface area contributed by atoms with Crippen LogP contribution in [0.1, 0.15) is 48.1 Å². The lowest BCUT2D eigenvalue weighted by atomic mass is 9.87. The number of aryl methyl sites for hydroxylation is 1. The molecule has 1 N–H and O–H groups in total. The van der Waals surface area contributed by atoms with E-state index in [2.05, 4.69) is 64.5 Å². The van der Waals surface area contributed by atoms with Gasteiger partial charge in [0.1, 0.15) is 5.75 Å². The van der Waals surface area contributed by atoms with Gasteiger partial charge in [0.25, 0.3) is 0 Å². The van der Waals surface area contributed by atoms with Crippen LogP contribution in [-0.2, 0) is 24.2 Å². The van der Waals surface area contributed by atoms with Crippen molar-refractivity contribution in [3.63, 3.8) is 0 Å². The van der Waals surface area contributed by atoms with Crippen LogP contribution in [0, 0.1) is 0 Å². The van der Waals surface area contributed by atoms with Gasteiger partial charge in [-0.3, -0.25) is 14.6 Å². The van der Waals surface area contributed by atoms with E-state index in [1.807, 2.05) is 0 Å². The molecule has 164 valence electrons. The summed E-state index contributed by atoms with van der Waals surface area (Å²) in [4.78, 5) is 17.8. The standard InChI is InChI=1S/C26H33N3O2/c1-19(26(30)27-24-8-4-6-21-5-2-3-7-23(21)24)29-14-12-28(13-15-29)18-20-9-10-25-22(17-20)11-16-31-25/h2-3,5,7,9-10,17,19,24H,4,6,8,11-16,18H2,1H3,(H,27,30)/t19-,24-/m0/s1. The van der Waals surface area contributed by atoms with Crippen molar-refractivity contribution in [2.75, 3.05) is 32.8 Å². The van der Waals surface area contributed by atoms with Gasteiger partial charge in [-0.1, -0.05) is 36.4 Å². The largest absolute Gasteiger partial charge is 0.493 e. The van der Waals surface area contributed by atoms with Crippen molar-refractivity contribution in [1.82, 2.24) is 15.1 Å². The molecule has 2 aromatic rings. The van der Waals surface area contributed by atoms with Gasteiger partial charge in [-0.05, 0) is 54.5 Å². The van der Waals surface area contributed by atoms with Crippen molar-refractivity contribution in [3.8, 4) is 5.75 Å². The Hall–Kier alpha value is -2.37. The number of rotatable bonds is 5. The third kappa shape index (κ3) is 4.48. The fourth-order valence-electron chi connectivity index (χ4n) is 5.27. The number of carbonyl (C=O) groups excluding carboxylic acids is 1. The minimum atomic E-state index is -0.0895. The van der Waals surface area contributed by atoms with E-state index in [4.69, 9.17) is 4.74 Å². The smallest absolute Gasteiger partial charge is 0.237 e. The molecule has 0 spiro atoms. The summed E-state index contributed by atoms with van der Waals surface area (Å²) in [7, 11) is 0. The van der Waals surface area contributed by atoms with Crippen molar-refractivity contribution >= 4 is 5.91 Å². The first-order valence-electron chi connectivity index (χ1n) is 11.8. The molecule has 0 saturated carbocycles. The third-order valence-electron chi connectivity index (χ3n) is 7.18. The van der Waals surface area contributed by atoms with Gasteiger partial charge in [0.15, 0.2) is 0 Å². The maximum Gasteiger partial charge on any atom is 0.237 e. The van der Waals surface area contributed by atoms with Gasteiger partial charge in [-0.25, -0.2) is 0 Å². The molecule has 0 radical (unpaired) electrons. The fourth-order valence-corrected chi connectivity index (χ4v) is 5.27. The Balaban J connectivity index is 1.13. The maximum absolute atomic E-state index is 13.0. The summed E-state index contributed by atoms with van der Waals surface area (Å²) in [5.41, 5.74) is 5.39. The Bertz CT molecular complexity index is 936. The van der Waals surface area contributed by atoms with Crippen LogP contribution in [0.25, 0.3) is 0 Å². The molecule has 1 fully saturated rings. The average Bonchev–Trinajstić information content (AvgIpc) is 3.27. The molecule has 31 heavy (non-hydrogen) atoms. The Kier molecular flexibility index (Phi) is 5.97. The van der Waals surface area contributed by atoms with Crippen molar-refractivity contribution in [1.29, 1.82) is 0 Å². The zero-order chi connectivity index (χ0) is 21.2. The number of nitrogens with zero attached hydrogens (tertiary/aromatic N) is 2. The molecule has 2 aromatic carbocycles. The lowest BCUT2D eigenvalue weighted by Gasteiger charge is -2.38. The molecule has 2 atom stereocenters. The number of ether oxygens (including phenoxy) is 1. The molecule has 5 nitrogen and oxygen atoms in total. The molecule has 5 rings (SSSR count). The normalized spacial score (nSPS) is 22.3. The van der Waals surface area contributed by atoms with Crippen LogP contribution in [0.3, 0.4) is 0 Å². The van der Waals surface area contributed by atoms with Gasteiger partial charge < -0.3 is 10.1 Å². The lowest BCUT2D eigenvalue weighted by molar-refractivity contribution is -0.127. The summed E-state index contributed by atoms with van der Waals surface area (Å²) in [6.45, 7) is 7.70. The van der Waals surface area contributed by atoms with E-state index in [-0.39, 0.29) is 18.0 Å². The molecule has 0 aromatic heterocycles. The van der Waals surface area contributed by atoms with Gasteiger partial charge in [-0.2, -0.15) is 0 Å². The molecule has 2 heterocycles. The highest BCUT2D eigenvalue weighted by Gasteiger charge is 2.28. The number of carbonyl (C=O) groups is 1. The molecular formula is C26H33N3O2. The Labute approximate surface area is 185 Å². The molecular weight excluding hydrogens is 386 g/mol. The zero-order valence-electron chi connectivity index (χ0n) is 18.5. The second kappa shape index (κ2) is 9.01. The maximum atomic E-state index is 13.0. The number of fused-ring (bicyclic) bond motifs is 2. The average molecular weight is 420 g/mol. The third-order valence-corrected chi connectivity index (χ3v) is 7.18. The van der Waals surface area contributed by atoms with Crippen LogP contribution in [0.15, 0.2) is 42.5 Å². The molecule has 1 amide bonds. The van der Waals surface area contributed by atoms with E-state index < -0.39 is 0 Å². The van der Waals surface area contributed by atoms with E-state index in [1.165, 1.54) is 22.3 Å². The Morgan fingerprint density at radius 3 is 2.81 bits per heavy atom. The highest BCUT2D eigenvalue weighted by atomic mass is 16.5. The molecule has 1 aliphatic carbocycles. The second-order valence-corrected chi connectivity index (χ2v) is 9.18. The van der Waals surface area contributed by atoms with Crippen molar-refractivity contribution in [2.24, 2.45) is 0 Å². The van der Waals surface area contributed by atoms with Crippen LogP contribution in [0.2, 0.25) is 0 Å². The van der Waals surface area contributed by atoms with Crippen LogP contribution >= 0.6 is 0 Å². The predicted molar refractivity (Wildman–Crippen MR) is 122 cm³/mol. The lowest BCUT2D eigenvalue weighted by Crippen LogP contribution is -2.54. The van der Waals surface area contributed by atoms with E-state index in [9.17, 15) is 4.79 Å². The molecule has 5 heteroatoms. The van der Waals surface area contributed by atoms with Crippen molar-refractivity contribution < 1.29 is 9.53 Å². The van der Waals surface area contributed by atoms with Crippen LogP contribution < -0.4 is 10.1 Å². The zero-order valence-corrected chi connectivity index (χ0v) is 18.5. The molecule has 1 saturated heterocycles. The highest BCUT2D eigenvalue weighted by molar-refractivity contribution is 5.81. The topological polar surface area (TPSA) is 44.8 Å². The monoisotopic (exact) mass is 419 g/mol. The SMILES string of the molecule is C[C@@H](C(=O)N[C@H]1CCCc2ccccc21)N1CCN(Cc2ccc3c(c2)CCO3)CC1. The van der Waals surface area contributed by atoms with Gasteiger partial charge in [0, 0.05) is 39.1 Å². The molecule has 2 aliphatic heterocycles. The first-order chi connectivity index (χ1) is 15.2. The van der Waals surface area contributed by atoms with Crippen LogP contribution in [0.5, 0.6) is 5.75 Å². The minimum Gasteiger partial charge on any atom is -0.493 e. The molecule has 3 aliphatic rings. The quantitative estimate of drug-likeness (QED) is 0.808. The van der Waals surface area contributed by atoms with Gasteiger partial charge in [-0.15, -0.1) is 0 Å². The predicted octanol–water partition coefficient (Wildman–Crippen LogP) is 3.32. The fraction of sp³-hybridized carbons (Fsp3) is 0.500. The minimum absolute atomic E-state index is 0.0895. The van der Waals surface area contributed by atoms with Gasteiger partial charge >= 0.3 is 0 Å². The number of hydrogen-bond acceptors (Lipinski definition) is 4. The van der Waals surface area contributed by atoms with Crippen molar-refractivity contribution in [3.05, 3.63) is 64.7 Å². The Morgan fingerprint density at radius 2 is 1.94 bits per heavy atom. The summed E-state index contributed by atoms with van der Waals surface area (Å²) >= 11 is 0. The molecule has 0 unspecified atom stereocenters. The van der Waals surface area contributed by atoms with Gasteiger partial charge in [0.05, 0.1) is 18.7 Å². The summed E-state index contributed by atoms with van der Waals surface area (Å²) in [6, 6.07) is 15.2. The number of amides is 1. The number of nitrogens with one attached hydrogen (secondary N) is 1. The van der Waals surface area contributed by atoms with Crippen LogP contribution in [0.4, 0.5) is 0 Å². The number of hydrogen-bond donors (Lipinski definition) is 1. The van der Waals surface area contributed by atoms with Crippen molar-refractivity contribution in [2.45, 2.75) is 51.2 Å². The first kappa shape index (κ1) is 20.5. The van der Waals surface area contributed by atoms with Crippen LogP contribution in [-0.4, -0.2) is 54.5 Å². The summed E-state index contributed by atoms with van der Waals surface area (Å²) in [5.74, 6) is 1.21. The summed E-state index contributed by atoms with van der Waals surface area (Å²) < 4.78 is 5.62. The van der Waals surface area contributed by atoms with E-state index in [0.717, 1.165) is 70.8 Å². The summed E-state index contributed by atoms with van der Waals surface area (Å²) in [6.07, 6.45) is 4.32. The Morgan fingerprint density at radius 1 is 1.10 bits per heavy atom. The second-order valence-electron chi connectivity index (χ2n) is 9.18. The summed E-state index contributed by atoms with van der Waals surface area (Å²) in [5, 5.41) is 3.34. The first-order valence-corrected chi connectivity index (χ1v) is 11.8. The van der Waals surface area contributed by atoms with Gasteiger partial charge in [0.2, 0.25) is 5.91 Å². The highest BCUT2D eigenvalue weighted by Crippen LogP contribution is 2.30. The van der Waals surface area contributed by atoms with E-state index >= 15 is 0 Å². The number of piperazine rings is 1. The van der Waals surface area contributed by atoms with E-state index in [1.54, 1.807) is 0 Å².